The lowest BCUT2D eigenvalue weighted by molar-refractivity contribution is 0.567. The van der Waals surface area contributed by atoms with Crippen LogP contribution in [0.3, 0.4) is 0 Å². The molecule has 0 saturated carbocycles. The van der Waals surface area contributed by atoms with Gasteiger partial charge in [0, 0.05) is 4.47 Å². The van der Waals surface area contributed by atoms with Crippen LogP contribution in [0.4, 0.5) is 4.39 Å². The Bertz CT molecular complexity index is 416. The molecule has 0 amide bonds. The SMILES string of the molecule is Fc1ccc(-c2nnco2)c(Br)c1. The lowest BCUT2D eigenvalue weighted by atomic mass is 10.2. The van der Waals surface area contributed by atoms with Crippen molar-refractivity contribution >= 4 is 15.9 Å². The lowest BCUT2D eigenvalue weighted by Crippen LogP contribution is -1.82. The largest absolute Gasteiger partial charge is 0.423 e. The van der Waals surface area contributed by atoms with Crippen LogP contribution in [0.25, 0.3) is 11.5 Å². The molecule has 0 radical (unpaired) electrons. The average molecular weight is 243 g/mol. The lowest BCUT2D eigenvalue weighted by Gasteiger charge is -1.97. The van der Waals surface area contributed by atoms with E-state index in [1.807, 2.05) is 0 Å². The molecular formula is C8H4BrFN2O. The summed E-state index contributed by atoms with van der Waals surface area (Å²) in [5.74, 6) is 0.0574. The van der Waals surface area contributed by atoms with E-state index >= 15 is 0 Å². The molecule has 2 aromatic rings. The first-order valence-corrected chi connectivity index (χ1v) is 4.28. The maximum Gasteiger partial charge on any atom is 0.248 e. The summed E-state index contributed by atoms with van der Waals surface area (Å²) in [6, 6.07) is 4.26. The maximum atomic E-state index is 12.7. The molecule has 13 heavy (non-hydrogen) atoms. The third-order valence-electron chi connectivity index (χ3n) is 1.52. The summed E-state index contributed by atoms with van der Waals surface area (Å²) < 4.78 is 18.3. The Hall–Kier alpha value is -1.23. The van der Waals surface area contributed by atoms with E-state index in [-0.39, 0.29) is 5.82 Å². The van der Waals surface area contributed by atoms with Crippen molar-refractivity contribution in [2.24, 2.45) is 0 Å². The highest BCUT2D eigenvalue weighted by Gasteiger charge is 2.08. The molecular weight excluding hydrogens is 239 g/mol. The van der Waals surface area contributed by atoms with Gasteiger partial charge in [-0.25, -0.2) is 4.39 Å². The third-order valence-corrected chi connectivity index (χ3v) is 2.18. The van der Waals surface area contributed by atoms with Crippen LogP contribution in [0.2, 0.25) is 0 Å². The van der Waals surface area contributed by atoms with E-state index in [0.29, 0.717) is 15.9 Å². The summed E-state index contributed by atoms with van der Waals surface area (Å²) in [6.45, 7) is 0. The van der Waals surface area contributed by atoms with E-state index in [4.69, 9.17) is 4.42 Å². The van der Waals surface area contributed by atoms with Crippen molar-refractivity contribution in [2.45, 2.75) is 0 Å². The Labute approximate surface area is 81.7 Å². The van der Waals surface area contributed by atoms with Crippen LogP contribution in [-0.4, -0.2) is 10.2 Å². The van der Waals surface area contributed by atoms with E-state index in [1.54, 1.807) is 6.07 Å². The van der Waals surface area contributed by atoms with Crippen molar-refractivity contribution in [2.75, 3.05) is 0 Å². The Morgan fingerprint density at radius 2 is 2.23 bits per heavy atom. The van der Waals surface area contributed by atoms with Crippen LogP contribution in [-0.2, 0) is 0 Å². The molecule has 0 fully saturated rings. The summed E-state index contributed by atoms with van der Waals surface area (Å²) in [6.07, 6.45) is 1.23. The minimum atomic E-state index is -0.310. The average Bonchev–Trinajstić information content (AvgIpc) is 2.56. The molecule has 0 N–H and O–H groups in total. The number of rotatable bonds is 1. The van der Waals surface area contributed by atoms with Gasteiger partial charge in [0.2, 0.25) is 12.3 Å². The predicted molar refractivity (Wildman–Crippen MR) is 47.4 cm³/mol. The summed E-state index contributed by atoms with van der Waals surface area (Å²) in [4.78, 5) is 0. The molecule has 2 rings (SSSR count). The minimum absolute atomic E-state index is 0.310. The van der Waals surface area contributed by atoms with Gasteiger partial charge >= 0.3 is 0 Å². The van der Waals surface area contributed by atoms with Gasteiger partial charge in [-0.05, 0) is 34.1 Å². The van der Waals surface area contributed by atoms with Crippen molar-refractivity contribution in [1.82, 2.24) is 10.2 Å². The highest BCUT2D eigenvalue weighted by atomic mass is 79.9. The molecule has 5 heteroatoms. The van der Waals surface area contributed by atoms with Gasteiger partial charge < -0.3 is 4.42 Å². The minimum Gasteiger partial charge on any atom is -0.423 e. The molecule has 1 aromatic carbocycles. The second-order valence-corrected chi connectivity index (χ2v) is 3.22. The van der Waals surface area contributed by atoms with Gasteiger partial charge in [0.15, 0.2) is 0 Å². The van der Waals surface area contributed by atoms with E-state index in [9.17, 15) is 4.39 Å². The van der Waals surface area contributed by atoms with Gasteiger partial charge in [-0.15, -0.1) is 10.2 Å². The van der Waals surface area contributed by atoms with Crippen molar-refractivity contribution < 1.29 is 8.81 Å². The highest BCUT2D eigenvalue weighted by Crippen LogP contribution is 2.26. The zero-order valence-electron chi connectivity index (χ0n) is 6.37. The maximum absolute atomic E-state index is 12.7. The van der Waals surface area contributed by atoms with Gasteiger partial charge in [0.25, 0.3) is 0 Å². The van der Waals surface area contributed by atoms with Gasteiger partial charge in [0.1, 0.15) is 5.82 Å². The smallest absolute Gasteiger partial charge is 0.248 e. The van der Waals surface area contributed by atoms with Crippen molar-refractivity contribution in [3.63, 3.8) is 0 Å². The van der Waals surface area contributed by atoms with Crippen LogP contribution in [0.5, 0.6) is 0 Å². The van der Waals surface area contributed by atoms with E-state index in [0.717, 1.165) is 0 Å². The molecule has 0 aliphatic heterocycles. The summed E-state index contributed by atoms with van der Waals surface area (Å²) in [5, 5.41) is 7.24. The molecule has 0 saturated heterocycles. The first kappa shape index (κ1) is 8.37. The second kappa shape index (κ2) is 3.26. The van der Waals surface area contributed by atoms with Crippen LogP contribution >= 0.6 is 15.9 Å². The summed E-state index contributed by atoms with van der Waals surface area (Å²) in [5.41, 5.74) is 0.680. The quantitative estimate of drug-likeness (QED) is 0.772. The molecule has 0 atom stereocenters. The molecule has 0 aliphatic rings. The number of hydrogen-bond acceptors (Lipinski definition) is 3. The predicted octanol–water partition coefficient (Wildman–Crippen LogP) is 2.64. The Morgan fingerprint density at radius 1 is 1.38 bits per heavy atom. The zero-order valence-corrected chi connectivity index (χ0v) is 7.95. The van der Waals surface area contributed by atoms with Gasteiger partial charge in [0.05, 0.1) is 5.56 Å². The Balaban J connectivity index is 2.53. The first-order chi connectivity index (χ1) is 6.27. The standard InChI is InChI=1S/C8H4BrFN2O/c9-7-3-5(10)1-2-6(7)8-12-11-4-13-8/h1-4H. The molecule has 1 aromatic heterocycles. The number of halogens is 2. The Morgan fingerprint density at radius 3 is 2.85 bits per heavy atom. The molecule has 66 valence electrons. The molecule has 0 bridgehead atoms. The van der Waals surface area contributed by atoms with Gasteiger partial charge in [-0.3, -0.25) is 0 Å². The Kier molecular flexibility index (Phi) is 2.10. The van der Waals surface area contributed by atoms with Gasteiger partial charge in [-0.1, -0.05) is 0 Å². The van der Waals surface area contributed by atoms with E-state index in [1.165, 1.54) is 18.5 Å². The number of benzene rings is 1. The highest BCUT2D eigenvalue weighted by molar-refractivity contribution is 9.10. The van der Waals surface area contributed by atoms with Gasteiger partial charge in [-0.2, -0.15) is 0 Å². The third kappa shape index (κ3) is 1.60. The molecule has 0 unspecified atom stereocenters. The van der Waals surface area contributed by atoms with Crippen LogP contribution in [0.1, 0.15) is 0 Å². The fraction of sp³-hybridized carbons (Fsp3) is 0. The number of hydrogen-bond donors (Lipinski definition) is 0. The van der Waals surface area contributed by atoms with Crippen LogP contribution in [0, 0.1) is 5.82 Å². The van der Waals surface area contributed by atoms with Crippen LogP contribution in [0.15, 0.2) is 33.5 Å². The van der Waals surface area contributed by atoms with Crippen LogP contribution < -0.4 is 0 Å². The molecule has 3 nitrogen and oxygen atoms in total. The molecule has 0 spiro atoms. The van der Waals surface area contributed by atoms with Crippen molar-refractivity contribution in [3.05, 3.63) is 34.9 Å². The number of nitrogens with zero attached hydrogens (tertiary/aromatic N) is 2. The monoisotopic (exact) mass is 242 g/mol. The molecule has 1 heterocycles. The van der Waals surface area contributed by atoms with Crippen molar-refractivity contribution in [3.8, 4) is 11.5 Å². The first-order valence-electron chi connectivity index (χ1n) is 3.49. The van der Waals surface area contributed by atoms with E-state index in [2.05, 4.69) is 26.1 Å². The summed E-state index contributed by atoms with van der Waals surface area (Å²) >= 11 is 3.20. The fourth-order valence-electron chi connectivity index (χ4n) is 0.953. The number of aromatic nitrogens is 2. The zero-order chi connectivity index (χ0) is 9.26. The normalized spacial score (nSPS) is 10.3. The van der Waals surface area contributed by atoms with Crippen molar-refractivity contribution in [1.29, 1.82) is 0 Å². The topological polar surface area (TPSA) is 38.9 Å². The fourth-order valence-corrected chi connectivity index (χ4v) is 1.47. The second-order valence-electron chi connectivity index (χ2n) is 2.37. The van der Waals surface area contributed by atoms with E-state index < -0.39 is 0 Å². The summed E-state index contributed by atoms with van der Waals surface area (Å²) in [7, 11) is 0. The molecule has 0 aliphatic carbocycles.